The number of sulfonamides is 1. The number of nitrogens with zero attached hydrogens (tertiary/aromatic N) is 2. The quantitative estimate of drug-likeness (QED) is 0.774. The van der Waals surface area contributed by atoms with Crippen LogP contribution in [0.4, 0.5) is 5.82 Å². The van der Waals surface area contributed by atoms with Crippen molar-refractivity contribution in [3.05, 3.63) is 17.5 Å². The number of rotatable bonds is 5. The van der Waals surface area contributed by atoms with Crippen LogP contribution in [0, 0.1) is 0 Å². The Morgan fingerprint density at radius 2 is 2.27 bits per heavy atom. The zero-order valence-electron chi connectivity index (χ0n) is 8.07. The Labute approximate surface area is 93.1 Å². The van der Waals surface area contributed by atoms with Crippen molar-refractivity contribution in [2.45, 2.75) is 0 Å². The number of halogens is 1. The fourth-order valence-electron chi connectivity index (χ4n) is 0.849. The predicted molar refractivity (Wildman–Crippen MR) is 58.4 cm³/mol. The standard InChI is InChI=1S/C7H11ClN4O2S/c1-9-15(13,14)3-2-11-7-6(8)4-10-5-12-7/h4-5,9H,2-3H2,1H3,(H,10,11,12). The molecule has 0 amide bonds. The van der Waals surface area contributed by atoms with Crippen molar-refractivity contribution in [1.29, 1.82) is 0 Å². The van der Waals surface area contributed by atoms with E-state index in [4.69, 9.17) is 11.6 Å². The monoisotopic (exact) mass is 250 g/mol. The van der Waals surface area contributed by atoms with E-state index in [1.165, 1.54) is 19.6 Å². The Hall–Kier alpha value is -0.920. The van der Waals surface area contributed by atoms with Crippen LogP contribution in [0.15, 0.2) is 12.5 Å². The Morgan fingerprint density at radius 1 is 1.53 bits per heavy atom. The second-order valence-corrected chi connectivity index (χ2v) is 5.12. The zero-order valence-corrected chi connectivity index (χ0v) is 9.64. The van der Waals surface area contributed by atoms with Crippen LogP contribution in [-0.4, -0.2) is 37.7 Å². The average molecular weight is 251 g/mol. The first-order chi connectivity index (χ1) is 7.05. The van der Waals surface area contributed by atoms with Gasteiger partial charge in [-0.15, -0.1) is 0 Å². The van der Waals surface area contributed by atoms with Crippen molar-refractivity contribution in [2.24, 2.45) is 0 Å². The molecule has 1 rings (SSSR count). The summed E-state index contributed by atoms with van der Waals surface area (Å²) in [5, 5.41) is 3.16. The van der Waals surface area contributed by atoms with E-state index in [1.807, 2.05) is 0 Å². The van der Waals surface area contributed by atoms with Crippen molar-refractivity contribution in [2.75, 3.05) is 24.7 Å². The molecule has 0 spiro atoms. The third-order valence-corrected chi connectivity index (χ3v) is 3.28. The minimum absolute atomic E-state index is 0.0379. The van der Waals surface area contributed by atoms with Gasteiger partial charge < -0.3 is 5.32 Å². The molecule has 1 aromatic heterocycles. The molecule has 0 radical (unpaired) electrons. The lowest BCUT2D eigenvalue weighted by atomic mass is 10.5. The molecule has 1 aromatic rings. The van der Waals surface area contributed by atoms with Crippen LogP contribution in [0.2, 0.25) is 5.02 Å². The molecule has 0 bridgehead atoms. The van der Waals surface area contributed by atoms with Gasteiger partial charge in [0, 0.05) is 6.54 Å². The van der Waals surface area contributed by atoms with Crippen molar-refractivity contribution >= 4 is 27.4 Å². The molecule has 0 fully saturated rings. The summed E-state index contributed by atoms with van der Waals surface area (Å²) >= 11 is 5.76. The molecular formula is C7H11ClN4O2S. The molecule has 15 heavy (non-hydrogen) atoms. The topological polar surface area (TPSA) is 84.0 Å². The number of aromatic nitrogens is 2. The van der Waals surface area contributed by atoms with Gasteiger partial charge in [-0.3, -0.25) is 0 Å². The minimum Gasteiger partial charge on any atom is -0.368 e. The highest BCUT2D eigenvalue weighted by Gasteiger charge is 2.07. The lowest BCUT2D eigenvalue weighted by Gasteiger charge is -2.06. The highest BCUT2D eigenvalue weighted by molar-refractivity contribution is 7.89. The third kappa shape index (κ3) is 3.98. The summed E-state index contributed by atoms with van der Waals surface area (Å²) in [5.41, 5.74) is 0. The van der Waals surface area contributed by atoms with Gasteiger partial charge in [0.2, 0.25) is 10.0 Å². The van der Waals surface area contributed by atoms with Crippen LogP contribution in [0.1, 0.15) is 0 Å². The molecule has 0 unspecified atom stereocenters. The minimum atomic E-state index is -3.20. The molecule has 0 saturated carbocycles. The Kier molecular flexibility index (Phi) is 4.25. The van der Waals surface area contributed by atoms with Crippen molar-refractivity contribution in [1.82, 2.24) is 14.7 Å². The van der Waals surface area contributed by atoms with E-state index in [-0.39, 0.29) is 12.3 Å². The summed E-state index contributed by atoms with van der Waals surface area (Å²) in [5.74, 6) is 0.391. The van der Waals surface area contributed by atoms with Crippen molar-refractivity contribution < 1.29 is 8.42 Å². The average Bonchev–Trinajstić information content (AvgIpc) is 2.21. The van der Waals surface area contributed by atoms with Crippen molar-refractivity contribution in [3.8, 4) is 0 Å². The first kappa shape index (κ1) is 12.2. The van der Waals surface area contributed by atoms with E-state index in [0.29, 0.717) is 10.8 Å². The SMILES string of the molecule is CNS(=O)(=O)CCNc1ncncc1Cl. The van der Waals surface area contributed by atoms with E-state index < -0.39 is 10.0 Å². The molecule has 0 saturated heterocycles. The first-order valence-electron chi connectivity index (χ1n) is 4.16. The van der Waals surface area contributed by atoms with Crippen LogP contribution in [0.3, 0.4) is 0 Å². The molecule has 0 atom stereocenters. The summed E-state index contributed by atoms with van der Waals surface area (Å²) in [7, 11) is -1.83. The number of nitrogens with one attached hydrogen (secondary N) is 2. The van der Waals surface area contributed by atoms with E-state index in [9.17, 15) is 8.42 Å². The first-order valence-corrected chi connectivity index (χ1v) is 6.19. The molecule has 0 aliphatic heterocycles. The van der Waals surface area contributed by atoms with E-state index >= 15 is 0 Å². The third-order valence-electron chi connectivity index (χ3n) is 1.64. The number of hydrogen-bond acceptors (Lipinski definition) is 5. The lowest BCUT2D eigenvalue weighted by molar-refractivity contribution is 0.588. The molecule has 84 valence electrons. The highest BCUT2D eigenvalue weighted by atomic mass is 35.5. The molecule has 0 aliphatic carbocycles. The van der Waals surface area contributed by atoms with Crippen molar-refractivity contribution in [3.63, 3.8) is 0 Å². The maximum Gasteiger partial charge on any atom is 0.213 e. The van der Waals surface area contributed by atoms with Gasteiger partial charge in [-0.05, 0) is 7.05 Å². The molecule has 2 N–H and O–H groups in total. The Morgan fingerprint density at radius 3 is 2.87 bits per heavy atom. The Balaban J connectivity index is 2.49. The summed E-state index contributed by atoms with van der Waals surface area (Å²) in [4.78, 5) is 7.56. The molecular weight excluding hydrogens is 240 g/mol. The summed E-state index contributed by atoms with van der Waals surface area (Å²) in [6, 6.07) is 0. The van der Waals surface area contributed by atoms with Crippen LogP contribution in [0.25, 0.3) is 0 Å². The smallest absolute Gasteiger partial charge is 0.213 e. The maximum absolute atomic E-state index is 11.1. The molecule has 0 aliphatic rings. The fraction of sp³-hybridized carbons (Fsp3) is 0.429. The molecule has 8 heteroatoms. The van der Waals surface area contributed by atoms with Gasteiger partial charge in [-0.1, -0.05) is 11.6 Å². The largest absolute Gasteiger partial charge is 0.368 e. The summed E-state index contributed by atoms with van der Waals surface area (Å²) in [6.45, 7) is 0.236. The van der Waals surface area contributed by atoms with E-state index in [0.717, 1.165) is 0 Å². The van der Waals surface area contributed by atoms with Crippen LogP contribution in [-0.2, 0) is 10.0 Å². The lowest BCUT2D eigenvalue weighted by Crippen LogP contribution is -2.26. The van der Waals surface area contributed by atoms with Gasteiger partial charge >= 0.3 is 0 Å². The van der Waals surface area contributed by atoms with E-state index in [1.54, 1.807) is 0 Å². The van der Waals surface area contributed by atoms with Crippen LogP contribution < -0.4 is 10.0 Å². The summed E-state index contributed by atoms with van der Waals surface area (Å²) in [6.07, 6.45) is 2.77. The van der Waals surface area contributed by atoms with Gasteiger partial charge in [0.15, 0.2) is 0 Å². The molecule has 1 heterocycles. The van der Waals surface area contributed by atoms with Gasteiger partial charge in [0.1, 0.15) is 17.2 Å². The number of hydrogen-bond donors (Lipinski definition) is 2. The highest BCUT2D eigenvalue weighted by Crippen LogP contribution is 2.15. The van der Waals surface area contributed by atoms with Gasteiger partial charge in [-0.2, -0.15) is 0 Å². The van der Waals surface area contributed by atoms with Gasteiger partial charge in [0.05, 0.1) is 11.9 Å². The fourth-order valence-corrected chi connectivity index (χ4v) is 1.60. The normalized spacial score (nSPS) is 11.3. The molecule has 6 nitrogen and oxygen atoms in total. The summed E-state index contributed by atoms with van der Waals surface area (Å²) < 4.78 is 24.3. The van der Waals surface area contributed by atoms with Gasteiger partial charge in [-0.25, -0.2) is 23.1 Å². The Bertz CT molecular complexity index is 423. The van der Waals surface area contributed by atoms with Crippen LogP contribution in [0.5, 0.6) is 0 Å². The number of anilines is 1. The predicted octanol–water partition coefficient (Wildman–Crippen LogP) is 0.0911. The van der Waals surface area contributed by atoms with Gasteiger partial charge in [0.25, 0.3) is 0 Å². The van der Waals surface area contributed by atoms with Crippen LogP contribution >= 0.6 is 11.6 Å². The molecule has 0 aromatic carbocycles. The van der Waals surface area contributed by atoms with E-state index in [2.05, 4.69) is 20.0 Å². The maximum atomic E-state index is 11.1. The zero-order chi connectivity index (χ0) is 11.3. The second-order valence-electron chi connectivity index (χ2n) is 2.67. The second kappa shape index (κ2) is 5.24.